The average molecular weight is 541 g/mol. The van der Waals surface area contributed by atoms with Crippen LogP contribution in [0.1, 0.15) is 44.2 Å². The molecule has 3 heterocycles. The zero-order valence-corrected chi connectivity index (χ0v) is 23.0. The van der Waals surface area contributed by atoms with Gasteiger partial charge in [-0.2, -0.15) is 5.10 Å². The van der Waals surface area contributed by atoms with Crippen molar-refractivity contribution in [2.45, 2.75) is 70.8 Å². The number of aromatic nitrogens is 3. The number of benzene rings is 1. The van der Waals surface area contributed by atoms with Gasteiger partial charge in [-0.1, -0.05) is 0 Å². The van der Waals surface area contributed by atoms with Crippen molar-refractivity contribution in [3.8, 4) is 16.8 Å². The number of halogens is 2. The van der Waals surface area contributed by atoms with Crippen molar-refractivity contribution in [2.24, 2.45) is 0 Å². The Morgan fingerprint density at radius 3 is 2.51 bits per heavy atom. The van der Waals surface area contributed by atoms with Crippen LogP contribution in [-0.4, -0.2) is 74.7 Å². The highest BCUT2D eigenvalue weighted by Gasteiger charge is 2.31. The van der Waals surface area contributed by atoms with Crippen LogP contribution in [0.3, 0.4) is 0 Å². The summed E-state index contributed by atoms with van der Waals surface area (Å²) in [4.78, 5) is 15.8. The van der Waals surface area contributed by atoms with E-state index in [0.29, 0.717) is 24.6 Å². The highest BCUT2D eigenvalue weighted by atomic mass is 19.1. The van der Waals surface area contributed by atoms with Crippen LogP contribution in [0.25, 0.3) is 16.8 Å². The first-order valence-corrected chi connectivity index (χ1v) is 13.3. The zero-order chi connectivity index (χ0) is 28.2. The van der Waals surface area contributed by atoms with Crippen LogP contribution in [-0.2, 0) is 4.79 Å². The number of hydrogen-bond acceptors (Lipinski definition) is 6. The molecule has 2 aromatic heterocycles. The van der Waals surface area contributed by atoms with Crippen molar-refractivity contribution >= 4 is 12.1 Å². The van der Waals surface area contributed by atoms with E-state index in [4.69, 9.17) is 0 Å². The molecule has 5 rings (SSSR count). The Hall–Kier alpha value is -3.37. The quantitative estimate of drug-likeness (QED) is 0.371. The number of carbonyl (C=O) groups is 1. The summed E-state index contributed by atoms with van der Waals surface area (Å²) in [6, 6.07) is 5.45. The number of amides is 1. The molecule has 210 valence electrons. The summed E-state index contributed by atoms with van der Waals surface area (Å²) in [5.41, 5.74) is 3.81. The number of piperidine rings is 1. The number of carbonyl (C=O) groups excluding carboxylic acids is 1. The van der Waals surface area contributed by atoms with E-state index in [9.17, 15) is 18.7 Å². The first-order chi connectivity index (χ1) is 18.5. The molecule has 0 radical (unpaired) electrons. The van der Waals surface area contributed by atoms with Crippen molar-refractivity contribution < 1.29 is 18.7 Å². The first-order valence-electron chi connectivity index (χ1n) is 13.3. The van der Waals surface area contributed by atoms with Gasteiger partial charge in [0.1, 0.15) is 12.0 Å². The minimum atomic E-state index is -1.04. The van der Waals surface area contributed by atoms with Crippen LogP contribution in [0.4, 0.5) is 14.5 Å². The molecule has 2 unspecified atom stereocenters. The molecular weight excluding hydrogens is 502 g/mol. The highest BCUT2D eigenvalue weighted by Crippen LogP contribution is 2.26. The molecule has 1 aromatic carbocycles. The van der Waals surface area contributed by atoms with E-state index >= 15 is 0 Å². The van der Waals surface area contributed by atoms with Crippen molar-refractivity contribution in [3.63, 3.8) is 0 Å². The van der Waals surface area contributed by atoms with Gasteiger partial charge < -0.3 is 15.7 Å². The molecule has 1 saturated carbocycles. The van der Waals surface area contributed by atoms with Gasteiger partial charge in [0.2, 0.25) is 6.41 Å². The second kappa shape index (κ2) is 12.2. The minimum absolute atomic E-state index is 0.233. The fraction of sp³-hybridized carbons (Fsp3) is 0.483. The lowest BCUT2D eigenvalue weighted by Crippen LogP contribution is -2.51. The lowest BCUT2D eigenvalue weighted by atomic mass is 10.0. The summed E-state index contributed by atoms with van der Waals surface area (Å²) in [5.74, 6) is -0.233. The van der Waals surface area contributed by atoms with E-state index in [1.54, 1.807) is 50.1 Å². The Bertz CT molecular complexity index is 1270. The fourth-order valence-corrected chi connectivity index (χ4v) is 4.67. The van der Waals surface area contributed by atoms with Crippen LogP contribution < -0.4 is 10.6 Å². The second-order valence-corrected chi connectivity index (χ2v) is 11.2. The molecule has 2 fully saturated rings. The van der Waals surface area contributed by atoms with E-state index in [0.717, 1.165) is 41.0 Å². The second-order valence-electron chi connectivity index (χ2n) is 11.2. The molecule has 1 amide bonds. The monoisotopic (exact) mass is 540 g/mol. The normalized spacial score (nSPS) is 19.7. The minimum Gasteiger partial charge on any atom is -0.389 e. The number of rotatable bonds is 8. The molecule has 1 aliphatic heterocycles. The Balaban J connectivity index is 0.000000519. The molecule has 1 saturated heterocycles. The number of hydrogen-bond donors (Lipinski definition) is 3. The van der Waals surface area contributed by atoms with Gasteiger partial charge in [0, 0.05) is 55.4 Å². The number of nitrogens with zero attached hydrogens (tertiary/aromatic N) is 4. The molecule has 2 atom stereocenters. The molecule has 2 aliphatic rings. The summed E-state index contributed by atoms with van der Waals surface area (Å²) in [5, 5.41) is 20.4. The maximum atomic E-state index is 14.8. The van der Waals surface area contributed by atoms with Gasteiger partial charge in [0.25, 0.3) is 0 Å². The number of anilines is 1. The number of alkyl halides is 1. The predicted molar refractivity (Wildman–Crippen MR) is 148 cm³/mol. The molecule has 0 spiro atoms. The summed E-state index contributed by atoms with van der Waals surface area (Å²) in [6.07, 6.45) is 9.78. The van der Waals surface area contributed by atoms with Crippen LogP contribution >= 0.6 is 0 Å². The van der Waals surface area contributed by atoms with Crippen LogP contribution in [0.2, 0.25) is 0 Å². The Labute approximate surface area is 228 Å². The predicted octanol–water partition coefficient (Wildman–Crippen LogP) is 4.18. The average Bonchev–Trinajstić information content (AvgIpc) is 3.55. The van der Waals surface area contributed by atoms with Crippen molar-refractivity contribution in [2.75, 3.05) is 25.0 Å². The van der Waals surface area contributed by atoms with E-state index in [1.807, 2.05) is 24.1 Å². The number of nitrogens with one attached hydrogen (secondary N) is 2. The summed E-state index contributed by atoms with van der Waals surface area (Å²) in [6.45, 7) is 8.52. The zero-order valence-electron chi connectivity index (χ0n) is 23.0. The van der Waals surface area contributed by atoms with Crippen molar-refractivity contribution in [1.29, 1.82) is 0 Å². The lowest BCUT2D eigenvalue weighted by molar-refractivity contribution is -0.109. The number of aliphatic hydroxyl groups is 1. The van der Waals surface area contributed by atoms with Crippen LogP contribution in [0.5, 0.6) is 0 Å². The molecule has 39 heavy (non-hydrogen) atoms. The van der Waals surface area contributed by atoms with E-state index in [-0.39, 0.29) is 18.4 Å². The maximum absolute atomic E-state index is 14.8. The largest absolute Gasteiger partial charge is 0.389 e. The highest BCUT2D eigenvalue weighted by molar-refractivity contribution is 5.66. The topological polar surface area (TPSA) is 95.3 Å². The first kappa shape index (κ1) is 28.6. The number of aryl methyl sites for hydroxylation is 2. The van der Waals surface area contributed by atoms with E-state index in [2.05, 4.69) is 20.7 Å². The SMILES string of the molecule is Cc1cc(-n2cc(-c3cncc(NC4CCN(CC(C)(C)O)CC4F)c3)cn2)c(C)cc1F.O=CNC1CC1. The van der Waals surface area contributed by atoms with E-state index < -0.39 is 11.8 Å². The summed E-state index contributed by atoms with van der Waals surface area (Å²) in [7, 11) is 0. The maximum Gasteiger partial charge on any atom is 0.207 e. The molecule has 10 heteroatoms. The number of β-amino-alcohol motifs (C(OH)–C–C–N with tert-alkyl or cyclic N) is 1. The molecule has 3 aromatic rings. The summed E-state index contributed by atoms with van der Waals surface area (Å²) >= 11 is 0. The Kier molecular flexibility index (Phi) is 8.97. The molecule has 8 nitrogen and oxygen atoms in total. The molecule has 1 aliphatic carbocycles. The smallest absolute Gasteiger partial charge is 0.207 e. The van der Waals surface area contributed by atoms with Gasteiger partial charge >= 0.3 is 0 Å². The van der Waals surface area contributed by atoms with Gasteiger partial charge in [-0.05, 0) is 76.3 Å². The van der Waals surface area contributed by atoms with Gasteiger partial charge in [-0.25, -0.2) is 13.5 Å². The van der Waals surface area contributed by atoms with Crippen molar-refractivity contribution in [1.82, 2.24) is 25.0 Å². The van der Waals surface area contributed by atoms with E-state index in [1.165, 1.54) is 18.9 Å². The lowest BCUT2D eigenvalue weighted by Gasteiger charge is -2.37. The third-order valence-electron chi connectivity index (χ3n) is 6.85. The van der Waals surface area contributed by atoms with Gasteiger partial charge in [-0.3, -0.25) is 14.7 Å². The number of likely N-dealkylation sites (tertiary alicyclic amines) is 1. The third kappa shape index (κ3) is 8.06. The standard InChI is InChI=1S/C25H31F2N5O.C4H7NO/c1-16-8-24(17(2)7-21(16)26)32-13-19(11-29-32)18-9-20(12-28-10-18)30-23-5-6-31(14-22(23)27)15-25(3,4)33;6-3-5-4-1-2-4/h7-13,22-23,30,33H,5-6,14-15H2,1-4H3;3-4H,1-2H2,(H,5,6). The molecular formula is C29H38F2N6O2. The fourth-order valence-electron chi connectivity index (χ4n) is 4.67. The van der Waals surface area contributed by atoms with Gasteiger partial charge in [0.05, 0.1) is 29.2 Å². The molecule has 0 bridgehead atoms. The van der Waals surface area contributed by atoms with Gasteiger partial charge in [-0.15, -0.1) is 0 Å². The molecule has 3 N–H and O–H groups in total. The van der Waals surface area contributed by atoms with Crippen LogP contribution in [0, 0.1) is 19.7 Å². The van der Waals surface area contributed by atoms with Gasteiger partial charge in [0.15, 0.2) is 0 Å². The Morgan fingerprint density at radius 2 is 1.87 bits per heavy atom. The summed E-state index contributed by atoms with van der Waals surface area (Å²) < 4.78 is 30.4. The third-order valence-corrected chi connectivity index (χ3v) is 6.85. The Morgan fingerprint density at radius 1 is 1.10 bits per heavy atom. The van der Waals surface area contributed by atoms with Crippen molar-refractivity contribution in [3.05, 3.63) is 59.9 Å². The van der Waals surface area contributed by atoms with Crippen LogP contribution in [0.15, 0.2) is 43.0 Å². The number of pyridine rings is 1.